The number of aromatic carboxylic acids is 1. The number of nitrogens with two attached hydrogens (primary N) is 1. The monoisotopic (exact) mass is 248 g/mol. The smallest absolute Gasteiger partial charge is 0.337 e. The van der Waals surface area contributed by atoms with E-state index in [1.165, 1.54) is 6.42 Å². The number of hydrogen-bond donors (Lipinski definition) is 3. The van der Waals surface area contributed by atoms with Crippen molar-refractivity contribution in [1.29, 1.82) is 0 Å². The molecule has 4 N–H and O–H groups in total. The van der Waals surface area contributed by atoms with Gasteiger partial charge in [0.1, 0.15) is 0 Å². The quantitative estimate of drug-likeness (QED) is 0.719. The Labute approximate surface area is 107 Å². The maximum absolute atomic E-state index is 11.2. The van der Waals surface area contributed by atoms with Gasteiger partial charge in [0.15, 0.2) is 0 Å². The first-order valence-electron chi connectivity index (χ1n) is 6.39. The summed E-state index contributed by atoms with van der Waals surface area (Å²) < 4.78 is 0. The Kier molecular flexibility index (Phi) is 3.45. The summed E-state index contributed by atoms with van der Waals surface area (Å²) in [4.78, 5) is 11.2. The van der Waals surface area contributed by atoms with E-state index in [9.17, 15) is 9.90 Å². The van der Waals surface area contributed by atoms with Gasteiger partial charge in [-0.25, -0.2) is 4.79 Å². The van der Waals surface area contributed by atoms with Crippen molar-refractivity contribution in [1.82, 2.24) is 0 Å². The molecular weight excluding hydrogens is 228 g/mol. The SMILES string of the molecule is CC1CCC(Nc2c(N)cccc2C(=O)O)C1C. The van der Waals surface area contributed by atoms with Crippen LogP contribution < -0.4 is 11.1 Å². The van der Waals surface area contributed by atoms with Crippen molar-refractivity contribution in [2.45, 2.75) is 32.7 Å². The summed E-state index contributed by atoms with van der Waals surface area (Å²) in [6.45, 7) is 4.44. The number of para-hydroxylation sites is 1. The molecule has 1 aliphatic rings. The summed E-state index contributed by atoms with van der Waals surface area (Å²) in [5.74, 6) is 0.260. The van der Waals surface area contributed by atoms with Crippen molar-refractivity contribution in [2.24, 2.45) is 11.8 Å². The maximum Gasteiger partial charge on any atom is 0.337 e. The molecule has 4 heteroatoms. The van der Waals surface area contributed by atoms with Crippen LogP contribution in [0.25, 0.3) is 0 Å². The van der Waals surface area contributed by atoms with E-state index in [1.807, 2.05) is 0 Å². The van der Waals surface area contributed by atoms with Gasteiger partial charge >= 0.3 is 5.97 Å². The van der Waals surface area contributed by atoms with Gasteiger partial charge < -0.3 is 16.2 Å². The molecule has 0 radical (unpaired) electrons. The first-order chi connectivity index (χ1) is 8.50. The van der Waals surface area contributed by atoms with Crippen molar-refractivity contribution in [3.63, 3.8) is 0 Å². The average molecular weight is 248 g/mol. The van der Waals surface area contributed by atoms with E-state index in [1.54, 1.807) is 18.2 Å². The van der Waals surface area contributed by atoms with E-state index in [-0.39, 0.29) is 5.56 Å². The minimum absolute atomic E-state index is 0.252. The summed E-state index contributed by atoms with van der Waals surface area (Å²) in [5, 5.41) is 12.5. The molecule has 0 spiro atoms. The second-order valence-corrected chi connectivity index (χ2v) is 5.24. The summed E-state index contributed by atoms with van der Waals surface area (Å²) in [5.41, 5.74) is 7.21. The third kappa shape index (κ3) is 2.28. The van der Waals surface area contributed by atoms with Gasteiger partial charge in [0.05, 0.1) is 16.9 Å². The van der Waals surface area contributed by atoms with Crippen LogP contribution in [0.4, 0.5) is 11.4 Å². The number of nitrogens with one attached hydrogen (secondary N) is 1. The zero-order chi connectivity index (χ0) is 13.3. The van der Waals surface area contributed by atoms with Gasteiger partial charge in [0.2, 0.25) is 0 Å². The van der Waals surface area contributed by atoms with E-state index in [0.717, 1.165) is 6.42 Å². The fourth-order valence-electron chi connectivity index (χ4n) is 2.66. The van der Waals surface area contributed by atoms with Gasteiger partial charge in [0.25, 0.3) is 0 Å². The molecule has 2 rings (SSSR count). The maximum atomic E-state index is 11.2. The minimum Gasteiger partial charge on any atom is -0.478 e. The molecule has 0 heterocycles. The van der Waals surface area contributed by atoms with Crippen LogP contribution in [-0.2, 0) is 0 Å². The van der Waals surface area contributed by atoms with Crippen molar-refractivity contribution >= 4 is 17.3 Å². The topological polar surface area (TPSA) is 75.3 Å². The third-order valence-corrected chi connectivity index (χ3v) is 4.12. The standard InChI is InChI=1S/C14H20N2O2/c1-8-6-7-12(9(8)2)16-13-10(14(17)18)4-3-5-11(13)15/h3-5,8-9,12,16H,6-7,15H2,1-2H3,(H,17,18). The van der Waals surface area contributed by atoms with Crippen LogP contribution in [0.5, 0.6) is 0 Å². The van der Waals surface area contributed by atoms with E-state index >= 15 is 0 Å². The summed E-state index contributed by atoms with van der Waals surface area (Å²) in [6, 6.07) is 5.30. The Balaban J connectivity index is 2.26. The van der Waals surface area contributed by atoms with Crippen molar-refractivity contribution in [2.75, 3.05) is 11.1 Å². The van der Waals surface area contributed by atoms with Crippen molar-refractivity contribution in [3.05, 3.63) is 23.8 Å². The van der Waals surface area contributed by atoms with Crippen LogP contribution in [0.3, 0.4) is 0 Å². The molecule has 1 fully saturated rings. The van der Waals surface area contributed by atoms with Crippen LogP contribution in [0.15, 0.2) is 18.2 Å². The third-order valence-electron chi connectivity index (χ3n) is 4.12. The number of carboxylic acid groups (broad SMARTS) is 1. The van der Waals surface area contributed by atoms with Gasteiger partial charge in [-0.1, -0.05) is 19.9 Å². The molecule has 1 aromatic carbocycles. The van der Waals surface area contributed by atoms with Crippen molar-refractivity contribution < 1.29 is 9.90 Å². The number of anilines is 2. The molecular formula is C14H20N2O2. The van der Waals surface area contributed by atoms with E-state index < -0.39 is 5.97 Å². The van der Waals surface area contributed by atoms with Gasteiger partial charge in [0, 0.05) is 6.04 Å². The molecule has 1 aliphatic carbocycles. The minimum atomic E-state index is -0.941. The largest absolute Gasteiger partial charge is 0.478 e. The zero-order valence-electron chi connectivity index (χ0n) is 10.8. The molecule has 1 saturated carbocycles. The molecule has 0 amide bonds. The molecule has 18 heavy (non-hydrogen) atoms. The second-order valence-electron chi connectivity index (χ2n) is 5.24. The fourth-order valence-corrected chi connectivity index (χ4v) is 2.66. The van der Waals surface area contributed by atoms with Gasteiger partial charge in [-0.15, -0.1) is 0 Å². The average Bonchev–Trinajstić information content (AvgIpc) is 2.63. The predicted molar refractivity (Wildman–Crippen MR) is 72.8 cm³/mol. The molecule has 0 aromatic heterocycles. The molecule has 0 saturated heterocycles. The lowest BCUT2D eigenvalue weighted by Crippen LogP contribution is -2.25. The first kappa shape index (κ1) is 12.7. The van der Waals surface area contributed by atoms with Crippen LogP contribution >= 0.6 is 0 Å². The Hall–Kier alpha value is -1.71. The normalized spacial score (nSPS) is 27.1. The lowest BCUT2D eigenvalue weighted by atomic mass is 9.97. The van der Waals surface area contributed by atoms with E-state index in [4.69, 9.17) is 5.73 Å². The second kappa shape index (κ2) is 4.88. The van der Waals surface area contributed by atoms with Crippen LogP contribution in [0.1, 0.15) is 37.0 Å². The van der Waals surface area contributed by atoms with E-state index in [2.05, 4.69) is 19.2 Å². The van der Waals surface area contributed by atoms with Gasteiger partial charge in [-0.05, 0) is 36.8 Å². The first-order valence-corrected chi connectivity index (χ1v) is 6.39. The number of benzene rings is 1. The summed E-state index contributed by atoms with van der Waals surface area (Å²) in [7, 11) is 0. The highest BCUT2D eigenvalue weighted by Gasteiger charge is 2.30. The highest BCUT2D eigenvalue weighted by atomic mass is 16.4. The van der Waals surface area contributed by atoms with Gasteiger partial charge in [-0.3, -0.25) is 0 Å². The number of rotatable bonds is 3. The number of carboxylic acids is 1. The van der Waals surface area contributed by atoms with E-state index in [0.29, 0.717) is 29.3 Å². The summed E-state index contributed by atoms with van der Waals surface area (Å²) in [6.07, 6.45) is 2.24. The van der Waals surface area contributed by atoms with Crippen molar-refractivity contribution in [3.8, 4) is 0 Å². The predicted octanol–water partition coefficient (Wildman–Crippen LogP) is 2.81. The Bertz CT molecular complexity index is 459. The van der Waals surface area contributed by atoms with Crippen LogP contribution in [0, 0.1) is 11.8 Å². The van der Waals surface area contributed by atoms with Gasteiger partial charge in [-0.2, -0.15) is 0 Å². The Morgan fingerprint density at radius 3 is 2.67 bits per heavy atom. The molecule has 3 atom stereocenters. The molecule has 0 aliphatic heterocycles. The molecule has 0 bridgehead atoms. The highest BCUT2D eigenvalue weighted by molar-refractivity contribution is 5.97. The zero-order valence-corrected chi connectivity index (χ0v) is 10.8. The lowest BCUT2D eigenvalue weighted by Gasteiger charge is -2.23. The highest BCUT2D eigenvalue weighted by Crippen LogP contribution is 2.35. The van der Waals surface area contributed by atoms with Crippen LogP contribution in [0.2, 0.25) is 0 Å². The summed E-state index contributed by atoms with van der Waals surface area (Å²) >= 11 is 0. The van der Waals surface area contributed by atoms with Crippen LogP contribution in [-0.4, -0.2) is 17.1 Å². The number of hydrogen-bond acceptors (Lipinski definition) is 3. The molecule has 1 aromatic rings. The molecule has 98 valence electrons. The number of carbonyl (C=O) groups is 1. The Morgan fingerprint density at radius 2 is 2.11 bits per heavy atom. The Morgan fingerprint density at radius 1 is 1.39 bits per heavy atom. The fraction of sp³-hybridized carbons (Fsp3) is 0.500. The lowest BCUT2D eigenvalue weighted by molar-refractivity contribution is 0.0698. The number of nitrogen functional groups attached to an aromatic ring is 1. The molecule has 4 nitrogen and oxygen atoms in total. The molecule has 3 unspecified atom stereocenters.